The topological polar surface area (TPSA) is 75.4 Å². The summed E-state index contributed by atoms with van der Waals surface area (Å²) in [4.78, 5) is 2.27. The van der Waals surface area contributed by atoms with Crippen molar-refractivity contribution in [1.29, 1.82) is 0 Å². The fourth-order valence-electron chi connectivity index (χ4n) is 1.80. The van der Waals surface area contributed by atoms with Crippen LogP contribution in [0.4, 0.5) is 5.69 Å². The van der Waals surface area contributed by atoms with Gasteiger partial charge in [-0.2, -0.15) is 0 Å². The highest BCUT2D eigenvalue weighted by Gasteiger charge is 2.15. The Morgan fingerprint density at radius 1 is 1.21 bits per heavy atom. The van der Waals surface area contributed by atoms with Crippen molar-refractivity contribution in [3.05, 3.63) is 24.3 Å². The van der Waals surface area contributed by atoms with Gasteiger partial charge in [-0.15, -0.1) is 0 Å². The number of sulfonamides is 1. The van der Waals surface area contributed by atoms with E-state index < -0.39 is 10.0 Å². The minimum absolute atomic E-state index is 0.0658. The molecule has 0 amide bonds. The number of hydrogen-bond donors (Lipinski definition) is 2. The van der Waals surface area contributed by atoms with Gasteiger partial charge in [0, 0.05) is 31.4 Å². The zero-order valence-electron chi connectivity index (χ0n) is 11.9. The molecule has 0 fully saturated rings. The number of anilines is 1. The van der Waals surface area contributed by atoms with Gasteiger partial charge in [0.15, 0.2) is 0 Å². The highest BCUT2D eigenvalue weighted by Crippen LogP contribution is 2.17. The first-order valence-corrected chi connectivity index (χ1v) is 7.80. The lowest BCUT2D eigenvalue weighted by Crippen LogP contribution is -2.33. The highest BCUT2D eigenvalue weighted by molar-refractivity contribution is 7.89. The fraction of sp³-hybridized carbons (Fsp3) is 0.538. The highest BCUT2D eigenvalue weighted by atomic mass is 32.2. The molecule has 1 rings (SSSR count). The lowest BCUT2D eigenvalue weighted by atomic mass is 10.2. The lowest BCUT2D eigenvalue weighted by molar-refractivity contribution is 0.570. The summed E-state index contributed by atoms with van der Waals surface area (Å²) in [5.41, 5.74) is 6.68. The molecule has 0 heterocycles. The monoisotopic (exact) mass is 285 g/mol. The molecular formula is C13H23N3O2S. The fourth-order valence-corrected chi connectivity index (χ4v) is 3.05. The van der Waals surface area contributed by atoms with E-state index in [1.54, 1.807) is 38.1 Å². The quantitative estimate of drug-likeness (QED) is 0.822. The van der Waals surface area contributed by atoms with Crippen LogP contribution in [0.25, 0.3) is 0 Å². The van der Waals surface area contributed by atoms with E-state index in [9.17, 15) is 8.42 Å². The molecule has 0 aliphatic heterocycles. The molecule has 0 saturated carbocycles. The molecule has 1 aromatic carbocycles. The maximum Gasteiger partial charge on any atom is 0.240 e. The molecule has 108 valence electrons. The minimum Gasteiger partial charge on any atom is -0.373 e. The van der Waals surface area contributed by atoms with Crippen molar-refractivity contribution in [1.82, 2.24) is 4.72 Å². The van der Waals surface area contributed by atoms with Crippen molar-refractivity contribution in [2.45, 2.75) is 37.8 Å². The Balaban J connectivity index is 2.87. The Morgan fingerprint density at radius 2 is 1.74 bits per heavy atom. The zero-order chi connectivity index (χ0) is 14.6. The van der Waals surface area contributed by atoms with E-state index in [0.29, 0.717) is 0 Å². The van der Waals surface area contributed by atoms with Gasteiger partial charge in [0.05, 0.1) is 4.90 Å². The molecule has 19 heavy (non-hydrogen) atoms. The number of nitrogens with two attached hydrogens (primary N) is 1. The van der Waals surface area contributed by atoms with Crippen LogP contribution < -0.4 is 15.4 Å². The Bertz CT molecular complexity index is 495. The zero-order valence-corrected chi connectivity index (χ0v) is 12.7. The third-order valence-electron chi connectivity index (χ3n) is 2.54. The summed E-state index contributed by atoms with van der Waals surface area (Å²) in [6.45, 7) is 6.24. The average molecular weight is 285 g/mol. The Hall–Kier alpha value is -1.11. The van der Waals surface area contributed by atoms with Gasteiger partial charge in [-0.25, -0.2) is 13.1 Å². The first kappa shape index (κ1) is 15.9. The van der Waals surface area contributed by atoms with Crippen molar-refractivity contribution in [2.24, 2.45) is 5.73 Å². The van der Waals surface area contributed by atoms with Gasteiger partial charge in [-0.3, -0.25) is 0 Å². The molecule has 1 unspecified atom stereocenters. The SMILES string of the molecule is CC(N)CN(C)c1ccc(S(=O)(=O)NC(C)C)cc1. The van der Waals surface area contributed by atoms with Gasteiger partial charge < -0.3 is 10.6 Å². The Morgan fingerprint density at radius 3 is 2.16 bits per heavy atom. The molecule has 1 aromatic rings. The molecule has 0 saturated heterocycles. The van der Waals surface area contributed by atoms with Crippen LogP contribution in [0.1, 0.15) is 20.8 Å². The summed E-state index contributed by atoms with van der Waals surface area (Å²) in [6.07, 6.45) is 0. The van der Waals surface area contributed by atoms with E-state index in [4.69, 9.17) is 5.73 Å². The molecule has 0 bridgehead atoms. The van der Waals surface area contributed by atoms with E-state index >= 15 is 0 Å². The predicted molar refractivity (Wildman–Crippen MR) is 78.8 cm³/mol. The summed E-state index contributed by atoms with van der Waals surface area (Å²) in [6, 6.07) is 6.74. The molecule has 3 N–H and O–H groups in total. The van der Waals surface area contributed by atoms with Crippen LogP contribution in [0.3, 0.4) is 0 Å². The second kappa shape index (κ2) is 6.36. The lowest BCUT2D eigenvalue weighted by Gasteiger charge is -2.21. The van der Waals surface area contributed by atoms with Crippen molar-refractivity contribution in [3.63, 3.8) is 0 Å². The number of rotatable bonds is 6. The molecule has 5 nitrogen and oxygen atoms in total. The van der Waals surface area contributed by atoms with E-state index in [-0.39, 0.29) is 17.0 Å². The van der Waals surface area contributed by atoms with E-state index in [0.717, 1.165) is 12.2 Å². The van der Waals surface area contributed by atoms with E-state index in [1.807, 2.05) is 18.9 Å². The van der Waals surface area contributed by atoms with Crippen LogP contribution in [-0.4, -0.2) is 34.1 Å². The summed E-state index contributed by atoms with van der Waals surface area (Å²) < 4.78 is 26.5. The first-order chi connectivity index (χ1) is 8.72. The van der Waals surface area contributed by atoms with E-state index in [1.165, 1.54) is 0 Å². The third-order valence-corrected chi connectivity index (χ3v) is 4.21. The molecule has 0 aromatic heterocycles. The minimum atomic E-state index is -3.42. The number of hydrogen-bond acceptors (Lipinski definition) is 4. The third kappa shape index (κ3) is 4.81. The predicted octanol–water partition coefficient (Wildman–Crippen LogP) is 1.16. The van der Waals surface area contributed by atoms with Gasteiger partial charge in [-0.05, 0) is 45.0 Å². The van der Waals surface area contributed by atoms with Crippen molar-refractivity contribution >= 4 is 15.7 Å². The van der Waals surface area contributed by atoms with Crippen molar-refractivity contribution in [3.8, 4) is 0 Å². The van der Waals surface area contributed by atoms with E-state index in [2.05, 4.69) is 4.72 Å². The molecule has 0 spiro atoms. The number of benzene rings is 1. The molecule has 0 radical (unpaired) electrons. The number of nitrogens with zero attached hydrogens (tertiary/aromatic N) is 1. The molecule has 0 aliphatic rings. The molecule has 6 heteroatoms. The van der Waals surface area contributed by atoms with Crippen LogP contribution in [0.5, 0.6) is 0 Å². The molecule has 0 aliphatic carbocycles. The normalized spacial score (nSPS) is 13.6. The summed E-state index contributed by atoms with van der Waals surface area (Å²) in [5, 5.41) is 0. The number of nitrogens with one attached hydrogen (secondary N) is 1. The summed E-state index contributed by atoms with van der Waals surface area (Å²) >= 11 is 0. The largest absolute Gasteiger partial charge is 0.373 e. The van der Waals surface area contributed by atoms with Gasteiger partial charge in [0.1, 0.15) is 0 Å². The van der Waals surface area contributed by atoms with Gasteiger partial charge >= 0.3 is 0 Å². The Kier molecular flexibility index (Phi) is 5.34. The molecular weight excluding hydrogens is 262 g/mol. The van der Waals surface area contributed by atoms with Crippen LogP contribution in [0.2, 0.25) is 0 Å². The second-order valence-electron chi connectivity index (χ2n) is 5.13. The van der Waals surface area contributed by atoms with Gasteiger partial charge in [0.25, 0.3) is 0 Å². The average Bonchev–Trinajstić information content (AvgIpc) is 2.26. The second-order valence-corrected chi connectivity index (χ2v) is 6.84. The maximum absolute atomic E-state index is 12.0. The standard InChI is InChI=1S/C13H23N3O2S/c1-10(2)15-19(17,18)13-7-5-12(6-8-13)16(4)9-11(3)14/h5-8,10-11,15H,9,14H2,1-4H3. The van der Waals surface area contributed by atoms with Crippen LogP contribution >= 0.6 is 0 Å². The summed E-state index contributed by atoms with van der Waals surface area (Å²) in [5.74, 6) is 0. The first-order valence-electron chi connectivity index (χ1n) is 6.31. The Labute approximate surface area is 115 Å². The van der Waals surface area contributed by atoms with Crippen LogP contribution in [0, 0.1) is 0 Å². The smallest absolute Gasteiger partial charge is 0.240 e. The van der Waals surface area contributed by atoms with Crippen LogP contribution in [-0.2, 0) is 10.0 Å². The van der Waals surface area contributed by atoms with Crippen molar-refractivity contribution < 1.29 is 8.42 Å². The van der Waals surface area contributed by atoms with Crippen LogP contribution in [0.15, 0.2) is 29.2 Å². The maximum atomic E-state index is 12.0. The summed E-state index contributed by atoms with van der Waals surface area (Å²) in [7, 11) is -1.49. The van der Waals surface area contributed by atoms with Gasteiger partial charge in [-0.1, -0.05) is 0 Å². The van der Waals surface area contributed by atoms with Crippen molar-refractivity contribution in [2.75, 3.05) is 18.5 Å². The number of likely N-dealkylation sites (N-methyl/N-ethyl adjacent to an activating group) is 1. The molecule has 1 atom stereocenters. The van der Waals surface area contributed by atoms with Gasteiger partial charge in [0.2, 0.25) is 10.0 Å².